The molecule has 0 spiro atoms. The fourth-order valence-electron chi connectivity index (χ4n) is 4.10. The number of alkyl carbamates (subject to hydrolysis) is 1. The highest BCUT2D eigenvalue weighted by molar-refractivity contribution is 9.10. The number of nitrogens with zero attached hydrogens (tertiary/aromatic N) is 5. The standard InChI is InChI=1S/C16H23N3O7S.C13H19BrN2O5S.C3H5NO2/c1-5-18(6-2)15(20)25-14-8-7-12(26-27(22,23)17(3)4)11-13(14)19-9-10-24-16(19)21;1-5-16(6-2)13(17)20-12-8-7-10(9-11(12)14)21-22(18,19)15(3)4;5-3-4-1-2-6-3/h7-8,11H,5-6,9-10H2,1-4H3;7-9H,5-6H2,1-4H3;1-2H2,(H,4,5). The minimum Gasteiger partial charge on any atom is -0.448 e. The Labute approximate surface area is 329 Å². The highest BCUT2D eigenvalue weighted by Gasteiger charge is 2.29. The number of hydrogen-bond donors (Lipinski definition) is 1. The Morgan fingerprint density at radius 2 is 1.22 bits per heavy atom. The maximum atomic E-state index is 12.3. The normalized spacial score (nSPS) is 13.7. The molecule has 0 unspecified atom stereocenters. The van der Waals surface area contributed by atoms with Crippen LogP contribution in [0.5, 0.6) is 23.0 Å². The third-order valence-electron chi connectivity index (χ3n) is 7.23. The molecule has 0 radical (unpaired) electrons. The summed E-state index contributed by atoms with van der Waals surface area (Å²) in [6.45, 7) is 10.9. The van der Waals surface area contributed by atoms with E-state index in [0.29, 0.717) is 43.8 Å². The van der Waals surface area contributed by atoms with Gasteiger partial charge in [-0.1, -0.05) is 0 Å². The number of amides is 4. The second kappa shape index (κ2) is 21.5. The van der Waals surface area contributed by atoms with Crippen LogP contribution in [0.4, 0.5) is 24.9 Å². The molecule has 2 aromatic rings. The summed E-state index contributed by atoms with van der Waals surface area (Å²) in [5.74, 6) is 0.469. The van der Waals surface area contributed by atoms with Gasteiger partial charge in [-0.3, -0.25) is 4.90 Å². The van der Waals surface area contributed by atoms with Crippen LogP contribution >= 0.6 is 15.9 Å². The maximum Gasteiger partial charge on any atom is 0.415 e. The van der Waals surface area contributed by atoms with Crippen LogP contribution in [0.25, 0.3) is 0 Å². The van der Waals surface area contributed by atoms with Gasteiger partial charge in [-0.15, -0.1) is 0 Å². The quantitative estimate of drug-likeness (QED) is 0.302. The van der Waals surface area contributed by atoms with Gasteiger partial charge in [0.25, 0.3) is 0 Å². The van der Waals surface area contributed by atoms with E-state index in [2.05, 4.69) is 26.0 Å². The third-order valence-corrected chi connectivity index (χ3v) is 10.4. The molecule has 1 N–H and O–H groups in total. The molecule has 20 nitrogen and oxygen atoms in total. The summed E-state index contributed by atoms with van der Waals surface area (Å²) in [4.78, 5) is 50.2. The van der Waals surface area contributed by atoms with Gasteiger partial charge in [-0.25, -0.2) is 19.2 Å². The number of cyclic esters (lactones) is 2. The second-order valence-corrected chi connectivity index (χ2v) is 15.6. The average molecular weight is 884 g/mol. The first-order valence-corrected chi connectivity index (χ1v) is 20.3. The van der Waals surface area contributed by atoms with Crippen LogP contribution in [0.1, 0.15) is 27.7 Å². The zero-order chi connectivity index (χ0) is 41.5. The first-order valence-electron chi connectivity index (χ1n) is 16.8. The molecule has 2 heterocycles. The Balaban J connectivity index is 0.000000334. The first-order chi connectivity index (χ1) is 25.8. The molecule has 4 amide bonds. The van der Waals surface area contributed by atoms with Crippen LogP contribution < -0.4 is 28.1 Å². The zero-order valence-corrected chi connectivity index (χ0v) is 35.0. The number of ether oxygens (including phenoxy) is 4. The molecule has 4 rings (SSSR count). The lowest BCUT2D eigenvalue weighted by Gasteiger charge is -2.22. The lowest BCUT2D eigenvalue weighted by Crippen LogP contribution is -2.34. The predicted octanol–water partition coefficient (Wildman–Crippen LogP) is 3.87. The molecule has 0 atom stereocenters. The van der Waals surface area contributed by atoms with Crippen molar-refractivity contribution in [3.8, 4) is 23.0 Å². The number of halogens is 1. The molecular weight excluding hydrogens is 836 g/mol. The number of hydrogen-bond acceptors (Lipinski definition) is 14. The fraction of sp³-hybridized carbons (Fsp3) is 0.500. The summed E-state index contributed by atoms with van der Waals surface area (Å²) in [6, 6.07) is 8.34. The number of carbonyl (C=O) groups is 4. The van der Waals surface area contributed by atoms with Crippen LogP contribution in [0.3, 0.4) is 0 Å². The summed E-state index contributed by atoms with van der Waals surface area (Å²) in [5, 5.41) is 2.46. The molecule has 2 aliphatic heterocycles. The molecule has 55 heavy (non-hydrogen) atoms. The van der Waals surface area contributed by atoms with E-state index < -0.39 is 38.9 Å². The van der Waals surface area contributed by atoms with E-state index in [1.807, 2.05) is 27.7 Å². The number of anilines is 1. The Hall–Kier alpha value is -4.58. The van der Waals surface area contributed by atoms with Gasteiger partial charge in [-0.05, 0) is 74.0 Å². The molecule has 2 aromatic carbocycles. The zero-order valence-electron chi connectivity index (χ0n) is 31.8. The SMILES string of the molecule is CCN(CC)C(=O)Oc1ccc(OS(=O)(=O)N(C)C)cc1Br.CCN(CC)C(=O)Oc1ccc(OS(=O)(=O)N(C)C)cc1N1CCOC1=O.O=C1NCCO1. The molecule has 2 saturated heterocycles. The Bertz CT molecular complexity index is 1850. The first kappa shape index (κ1) is 46.6. The average Bonchev–Trinajstić information content (AvgIpc) is 3.78. The molecule has 0 aliphatic carbocycles. The van der Waals surface area contributed by atoms with E-state index in [4.69, 9.17) is 22.6 Å². The van der Waals surface area contributed by atoms with Gasteiger partial charge in [0.1, 0.15) is 30.5 Å². The van der Waals surface area contributed by atoms with Crippen molar-refractivity contribution < 1.29 is 63.3 Å². The van der Waals surface area contributed by atoms with E-state index in [1.54, 1.807) is 0 Å². The van der Waals surface area contributed by atoms with Crippen molar-refractivity contribution in [2.75, 3.05) is 85.6 Å². The molecule has 0 saturated carbocycles. The van der Waals surface area contributed by atoms with E-state index in [0.717, 1.165) is 8.61 Å². The van der Waals surface area contributed by atoms with Crippen LogP contribution in [0.15, 0.2) is 40.9 Å². The largest absolute Gasteiger partial charge is 0.448 e. The van der Waals surface area contributed by atoms with Crippen molar-refractivity contribution in [1.82, 2.24) is 23.7 Å². The highest BCUT2D eigenvalue weighted by atomic mass is 79.9. The van der Waals surface area contributed by atoms with Gasteiger partial charge in [0, 0.05) is 60.4 Å². The van der Waals surface area contributed by atoms with E-state index >= 15 is 0 Å². The minimum atomic E-state index is -3.98. The van der Waals surface area contributed by atoms with Gasteiger partial charge in [-0.2, -0.15) is 25.4 Å². The molecular formula is C32H47BrN6O14S2. The predicted molar refractivity (Wildman–Crippen MR) is 203 cm³/mol. The second-order valence-electron chi connectivity index (χ2n) is 11.3. The fourth-order valence-corrected chi connectivity index (χ4v) is 5.53. The van der Waals surface area contributed by atoms with E-state index in [1.165, 1.54) is 79.3 Å². The smallest absolute Gasteiger partial charge is 0.415 e. The molecule has 2 fully saturated rings. The summed E-state index contributed by atoms with van der Waals surface area (Å²) >= 11 is 3.23. The van der Waals surface area contributed by atoms with E-state index in [9.17, 15) is 36.0 Å². The minimum absolute atomic E-state index is 0.0268. The summed E-state index contributed by atoms with van der Waals surface area (Å²) in [5.41, 5.74) is 0.185. The van der Waals surface area contributed by atoms with Gasteiger partial charge >= 0.3 is 45.0 Å². The van der Waals surface area contributed by atoms with Gasteiger partial charge in [0.2, 0.25) is 0 Å². The summed E-state index contributed by atoms with van der Waals surface area (Å²) < 4.78 is 79.3. The topological polar surface area (TPSA) is 220 Å². The molecule has 0 bridgehead atoms. The number of rotatable bonds is 13. The van der Waals surface area contributed by atoms with Crippen molar-refractivity contribution in [2.45, 2.75) is 27.7 Å². The third kappa shape index (κ3) is 14.2. The molecule has 0 aromatic heterocycles. The molecule has 308 valence electrons. The monoisotopic (exact) mass is 882 g/mol. The van der Waals surface area contributed by atoms with Crippen LogP contribution in [-0.2, 0) is 30.1 Å². The number of nitrogens with one attached hydrogen (secondary N) is 1. The van der Waals surface area contributed by atoms with Gasteiger partial charge in [0.15, 0.2) is 5.75 Å². The lowest BCUT2D eigenvalue weighted by atomic mass is 10.2. The summed E-state index contributed by atoms with van der Waals surface area (Å²) in [6.07, 6.45) is -1.97. The Morgan fingerprint density at radius 1 is 0.745 bits per heavy atom. The van der Waals surface area contributed by atoms with Crippen LogP contribution in [0.2, 0.25) is 0 Å². The molecule has 2 aliphatic rings. The maximum absolute atomic E-state index is 12.3. The lowest BCUT2D eigenvalue weighted by molar-refractivity contribution is 0.156. The van der Waals surface area contributed by atoms with Crippen molar-refractivity contribution in [3.63, 3.8) is 0 Å². The van der Waals surface area contributed by atoms with E-state index in [-0.39, 0.29) is 47.9 Å². The van der Waals surface area contributed by atoms with Crippen molar-refractivity contribution in [2.24, 2.45) is 0 Å². The molecule has 23 heteroatoms. The van der Waals surface area contributed by atoms with Crippen LogP contribution in [0, 0.1) is 0 Å². The number of benzene rings is 2. The van der Waals surface area contributed by atoms with Crippen molar-refractivity contribution >= 4 is 66.6 Å². The van der Waals surface area contributed by atoms with Gasteiger partial charge < -0.3 is 42.4 Å². The van der Waals surface area contributed by atoms with Crippen molar-refractivity contribution in [3.05, 3.63) is 40.9 Å². The van der Waals surface area contributed by atoms with Gasteiger partial charge in [0.05, 0.1) is 23.2 Å². The Kier molecular flexibility index (Phi) is 18.2. The van der Waals surface area contributed by atoms with Crippen LogP contribution in [-0.4, -0.2) is 140 Å². The highest BCUT2D eigenvalue weighted by Crippen LogP contribution is 2.35. The summed E-state index contributed by atoms with van der Waals surface area (Å²) in [7, 11) is -2.42. The Morgan fingerprint density at radius 3 is 1.58 bits per heavy atom. The number of carbonyl (C=O) groups excluding carboxylic acids is 4. The van der Waals surface area contributed by atoms with Crippen molar-refractivity contribution in [1.29, 1.82) is 0 Å².